The molecule has 0 aromatic carbocycles. The van der Waals surface area contributed by atoms with E-state index in [2.05, 4.69) is 5.32 Å². The summed E-state index contributed by atoms with van der Waals surface area (Å²) in [5.74, 6) is -0.216. The van der Waals surface area contributed by atoms with Gasteiger partial charge in [-0.05, 0) is 19.4 Å². The second-order valence-electron chi connectivity index (χ2n) is 5.21. The van der Waals surface area contributed by atoms with E-state index in [-0.39, 0.29) is 31.1 Å². The van der Waals surface area contributed by atoms with Gasteiger partial charge in [0.25, 0.3) is 0 Å². The van der Waals surface area contributed by atoms with Crippen LogP contribution < -0.4 is 11.1 Å². The van der Waals surface area contributed by atoms with Crippen LogP contribution in [0.1, 0.15) is 25.7 Å². The summed E-state index contributed by atoms with van der Waals surface area (Å²) in [5, 5.41) is 3.25. The number of carbonyl (C=O) groups excluding carboxylic acids is 2. The van der Waals surface area contributed by atoms with Gasteiger partial charge in [0.2, 0.25) is 5.91 Å². The molecule has 0 bridgehead atoms. The number of carbonyl (C=O) groups is 2. The van der Waals surface area contributed by atoms with Crippen LogP contribution in [0.4, 0.5) is 0 Å². The fourth-order valence-corrected chi connectivity index (χ4v) is 2.27. The zero-order chi connectivity index (χ0) is 15.5. The molecule has 1 heterocycles. The Morgan fingerprint density at radius 2 is 2.14 bits per heavy atom. The van der Waals surface area contributed by atoms with Gasteiger partial charge in [0, 0.05) is 33.2 Å². The van der Waals surface area contributed by atoms with Gasteiger partial charge < -0.3 is 25.4 Å². The molecule has 0 aliphatic carbocycles. The van der Waals surface area contributed by atoms with Crippen molar-refractivity contribution in [3.8, 4) is 0 Å². The second-order valence-corrected chi connectivity index (χ2v) is 5.21. The Morgan fingerprint density at radius 3 is 2.86 bits per heavy atom. The molecule has 0 spiro atoms. The number of amides is 1. The second kappa shape index (κ2) is 10.5. The van der Waals surface area contributed by atoms with Crippen LogP contribution in [0.3, 0.4) is 0 Å². The van der Waals surface area contributed by atoms with E-state index in [1.165, 1.54) is 7.11 Å². The molecule has 1 fully saturated rings. The molecule has 122 valence electrons. The minimum absolute atomic E-state index is 0.00690. The fraction of sp³-hybridized carbons (Fsp3) is 0.857. The highest BCUT2D eigenvalue weighted by Gasteiger charge is 2.23. The molecule has 1 saturated heterocycles. The number of rotatable bonds is 9. The molecule has 21 heavy (non-hydrogen) atoms. The first-order valence-corrected chi connectivity index (χ1v) is 7.53. The van der Waals surface area contributed by atoms with Gasteiger partial charge in [-0.25, -0.2) is 4.79 Å². The lowest BCUT2D eigenvalue weighted by Crippen LogP contribution is -2.54. The zero-order valence-corrected chi connectivity index (χ0v) is 12.8. The summed E-state index contributed by atoms with van der Waals surface area (Å²) in [6, 6.07) is -0.00690. The van der Waals surface area contributed by atoms with Crippen molar-refractivity contribution in [2.45, 2.75) is 31.7 Å². The Balaban J connectivity index is 2.24. The first-order valence-electron chi connectivity index (χ1n) is 7.53. The number of piperazine rings is 1. The number of nitrogens with one attached hydrogen (secondary N) is 1. The van der Waals surface area contributed by atoms with Crippen molar-refractivity contribution >= 4 is 11.9 Å². The van der Waals surface area contributed by atoms with Crippen LogP contribution in [0.2, 0.25) is 0 Å². The SMILES string of the molecule is COCC(=O)OCC1CN(C(=O)CCCCCN)CCN1. The molecular formula is C14H27N3O4. The summed E-state index contributed by atoms with van der Waals surface area (Å²) in [4.78, 5) is 25.2. The quantitative estimate of drug-likeness (QED) is 0.440. The highest BCUT2D eigenvalue weighted by molar-refractivity contribution is 5.76. The van der Waals surface area contributed by atoms with E-state index in [9.17, 15) is 9.59 Å². The van der Waals surface area contributed by atoms with Crippen LogP contribution in [0.5, 0.6) is 0 Å². The van der Waals surface area contributed by atoms with E-state index in [0.717, 1.165) is 25.8 Å². The number of nitrogens with zero attached hydrogens (tertiary/aromatic N) is 1. The van der Waals surface area contributed by atoms with Crippen LogP contribution in [-0.2, 0) is 19.1 Å². The highest BCUT2D eigenvalue weighted by Crippen LogP contribution is 2.06. The van der Waals surface area contributed by atoms with Gasteiger partial charge in [0.05, 0.1) is 6.04 Å². The summed E-state index contributed by atoms with van der Waals surface area (Å²) in [5.41, 5.74) is 5.43. The standard InChI is InChI=1S/C14H27N3O4/c1-20-11-14(19)21-10-12-9-17(8-7-16-12)13(18)5-3-2-4-6-15/h12,16H,2-11,15H2,1H3. The predicted molar refractivity (Wildman–Crippen MR) is 78.7 cm³/mol. The zero-order valence-electron chi connectivity index (χ0n) is 12.8. The summed E-state index contributed by atoms with van der Waals surface area (Å²) in [6.07, 6.45) is 3.41. The Morgan fingerprint density at radius 1 is 1.33 bits per heavy atom. The molecule has 1 atom stereocenters. The third-order valence-electron chi connectivity index (χ3n) is 3.41. The van der Waals surface area contributed by atoms with Crippen molar-refractivity contribution in [1.29, 1.82) is 0 Å². The maximum absolute atomic E-state index is 12.1. The monoisotopic (exact) mass is 301 g/mol. The average molecular weight is 301 g/mol. The van der Waals surface area contributed by atoms with E-state index in [4.69, 9.17) is 15.2 Å². The van der Waals surface area contributed by atoms with Crippen molar-refractivity contribution in [2.24, 2.45) is 5.73 Å². The molecule has 1 amide bonds. The van der Waals surface area contributed by atoms with Gasteiger partial charge in [0.15, 0.2) is 0 Å². The number of hydrogen-bond acceptors (Lipinski definition) is 6. The molecule has 1 unspecified atom stereocenters. The average Bonchev–Trinajstić information content (AvgIpc) is 2.50. The van der Waals surface area contributed by atoms with Crippen molar-refractivity contribution in [3.05, 3.63) is 0 Å². The molecule has 0 aromatic heterocycles. The number of ether oxygens (including phenoxy) is 2. The van der Waals surface area contributed by atoms with E-state index in [1.807, 2.05) is 4.90 Å². The number of esters is 1. The first-order chi connectivity index (χ1) is 10.2. The van der Waals surface area contributed by atoms with Gasteiger partial charge in [-0.2, -0.15) is 0 Å². The summed E-state index contributed by atoms with van der Waals surface area (Å²) < 4.78 is 9.78. The Hall–Kier alpha value is -1.18. The topological polar surface area (TPSA) is 93.9 Å². The van der Waals surface area contributed by atoms with Gasteiger partial charge in [-0.1, -0.05) is 6.42 Å². The molecule has 1 aliphatic rings. The fourth-order valence-electron chi connectivity index (χ4n) is 2.27. The van der Waals surface area contributed by atoms with Crippen LogP contribution in [0.15, 0.2) is 0 Å². The highest BCUT2D eigenvalue weighted by atomic mass is 16.6. The molecular weight excluding hydrogens is 274 g/mol. The van der Waals surface area contributed by atoms with E-state index in [1.54, 1.807) is 0 Å². The number of methoxy groups -OCH3 is 1. The molecule has 0 saturated carbocycles. The number of hydrogen-bond donors (Lipinski definition) is 2. The predicted octanol–water partition coefficient (Wildman–Crippen LogP) is -0.504. The lowest BCUT2D eigenvalue weighted by Gasteiger charge is -2.33. The lowest BCUT2D eigenvalue weighted by atomic mass is 10.1. The first kappa shape index (κ1) is 17.9. The van der Waals surface area contributed by atoms with E-state index in [0.29, 0.717) is 26.1 Å². The Kier molecular flexibility index (Phi) is 8.96. The van der Waals surface area contributed by atoms with Gasteiger partial charge in [-0.15, -0.1) is 0 Å². The summed E-state index contributed by atoms with van der Waals surface area (Å²) >= 11 is 0. The molecule has 0 radical (unpaired) electrons. The maximum Gasteiger partial charge on any atom is 0.332 e. The number of nitrogens with two attached hydrogens (primary N) is 1. The largest absolute Gasteiger partial charge is 0.462 e. The van der Waals surface area contributed by atoms with Crippen LogP contribution in [0.25, 0.3) is 0 Å². The third-order valence-corrected chi connectivity index (χ3v) is 3.41. The lowest BCUT2D eigenvalue weighted by molar-refractivity contribution is -0.149. The minimum atomic E-state index is -0.385. The van der Waals surface area contributed by atoms with Crippen molar-refractivity contribution < 1.29 is 19.1 Å². The van der Waals surface area contributed by atoms with Crippen molar-refractivity contribution in [1.82, 2.24) is 10.2 Å². The smallest absolute Gasteiger partial charge is 0.332 e. The molecule has 3 N–H and O–H groups in total. The molecule has 1 aliphatic heterocycles. The van der Waals surface area contributed by atoms with Crippen LogP contribution in [0, 0.1) is 0 Å². The van der Waals surface area contributed by atoms with Gasteiger partial charge >= 0.3 is 5.97 Å². The number of unbranched alkanes of at least 4 members (excludes halogenated alkanes) is 2. The Labute approximate surface area is 126 Å². The Bertz CT molecular complexity index is 325. The van der Waals surface area contributed by atoms with Gasteiger partial charge in [-0.3, -0.25) is 4.79 Å². The molecule has 1 rings (SSSR count). The third kappa shape index (κ3) is 7.40. The van der Waals surface area contributed by atoms with Crippen molar-refractivity contribution in [2.75, 3.05) is 46.5 Å². The molecule has 0 aromatic rings. The van der Waals surface area contributed by atoms with Crippen LogP contribution in [-0.4, -0.2) is 69.3 Å². The van der Waals surface area contributed by atoms with E-state index < -0.39 is 0 Å². The minimum Gasteiger partial charge on any atom is -0.462 e. The summed E-state index contributed by atoms with van der Waals surface area (Å²) in [7, 11) is 1.45. The van der Waals surface area contributed by atoms with Gasteiger partial charge in [0.1, 0.15) is 13.2 Å². The molecule has 7 nitrogen and oxygen atoms in total. The van der Waals surface area contributed by atoms with Crippen LogP contribution >= 0.6 is 0 Å². The summed E-state index contributed by atoms with van der Waals surface area (Å²) in [6.45, 7) is 2.90. The van der Waals surface area contributed by atoms with E-state index >= 15 is 0 Å². The molecule has 7 heteroatoms. The normalized spacial score (nSPS) is 18.6. The maximum atomic E-state index is 12.1. The van der Waals surface area contributed by atoms with Crippen molar-refractivity contribution in [3.63, 3.8) is 0 Å².